The summed E-state index contributed by atoms with van der Waals surface area (Å²) in [5, 5.41) is 13.8. The maximum absolute atomic E-state index is 12.9. The average molecular weight is 951 g/mol. The number of amides is 1. The van der Waals surface area contributed by atoms with E-state index in [4.69, 9.17) is 9.05 Å². The first kappa shape index (κ1) is 64.7. The van der Waals surface area contributed by atoms with E-state index in [0.29, 0.717) is 17.4 Å². The van der Waals surface area contributed by atoms with Gasteiger partial charge in [0.15, 0.2) is 0 Å². The number of likely N-dealkylation sites (N-methyl/N-ethyl adjacent to an activating group) is 1. The van der Waals surface area contributed by atoms with E-state index in [1.807, 2.05) is 27.2 Å². The summed E-state index contributed by atoms with van der Waals surface area (Å²) in [6.45, 7) is 4.62. The fraction of sp³-hybridized carbons (Fsp3) is 0.877. The average Bonchev–Trinajstić information content (AvgIpc) is 3.28. The molecule has 0 spiro atoms. The van der Waals surface area contributed by atoms with E-state index in [-0.39, 0.29) is 12.5 Å². The van der Waals surface area contributed by atoms with Crippen molar-refractivity contribution >= 4 is 13.7 Å². The van der Waals surface area contributed by atoms with E-state index < -0.39 is 26.6 Å². The van der Waals surface area contributed by atoms with Gasteiger partial charge in [-0.3, -0.25) is 9.36 Å². The van der Waals surface area contributed by atoms with Crippen LogP contribution >= 0.6 is 7.82 Å². The Balaban J connectivity index is 4.07. The topological polar surface area (TPSA) is 108 Å². The highest BCUT2D eigenvalue weighted by molar-refractivity contribution is 7.45. The summed E-state index contributed by atoms with van der Waals surface area (Å²) in [4.78, 5) is 25.4. The molecule has 8 nitrogen and oxygen atoms in total. The van der Waals surface area contributed by atoms with Crippen molar-refractivity contribution in [2.45, 2.75) is 283 Å². The number of aliphatic hydroxyl groups is 1. The van der Waals surface area contributed by atoms with Crippen LogP contribution in [0.2, 0.25) is 0 Å². The smallest absolute Gasteiger partial charge is 0.268 e. The molecular formula is C57H111N2O6P. The number of aliphatic hydroxyl groups excluding tert-OH is 1. The number of allylic oxidation sites excluding steroid dienone is 5. The molecule has 1 amide bonds. The zero-order valence-electron chi connectivity index (χ0n) is 44.4. The van der Waals surface area contributed by atoms with Crippen molar-refractivity contribution in [1.82, 2.24) is 5.32 Å². The van der Waals surface area contributed by atoms with Crippen LogP contribution in [0.25, 0.3) is 0 Å². The van der Waals surface area contributed by atoms with Gasteiger partial charge in [0.2, 0.25) is 5.91 Å². The molecule has 3 atom stereocenters. The lowest BCUT2D eigenvalue weighted by Gasteiger charge is -2.29. The number of rotatable bonds is 52. The first-order valence-electron chi connectivity index (χ1n) is 28.4. The third-order valence-corrected chi connectivity index (χ3v) is 13.8. The number of carbonyl (C=O) groups is 1. The van der Waals surface area contributed by atoms with Crippen LogP contribution in [0.4, 0.5) is 0 Å². The van der Waals surface area contributed by atoms with Gasteiger partial charge in [-0.25, -0.2) is 0 Å². The van der Waals surface area contributed by atoms with Gasteiger partial charge in [0, 0.05) is 6.42 Å². The minimum atomic E-state index is -4.60. The van der Waals surface area contributed by atoms with Crippen LogP contribution in [-0.4, -0.2) is 68.5 Å². The predicted octanol–water partition coefficient (Wildman–Crippen LogP) is 16.4. The molecule has 0 saturated carbocycles. The monoisotopic (exact) mass is 951 g/mol. The van der Waals surface area contributed by atoms with Gasteiger partial charge < -0.3 is 28.8 Å². The molecule has 0 saturated heterocycles. The maximum atomic E-state index is 12.9. The van der Waals surface area contributed by atoms with E-state index in [0.717, 1.165) is 44.9 Å². The second-order valence-electron chi connectivity index (χ2n) is 20.6. The lowest BCUT2D eigenvalue weighted by Crippen LogP contribution is -2.45. The van der Waals surface area contributed by atoms with Crippen LogP contribution < -0.4 is 10.2 Å². The molecule has 0 aromatic carbocycles. The fourth-order valence-corrected chi connectivity index (χ4v) is 9.09. The number of nitrogens with zero attached hydrogens (tertiary/aromatic N) is 1. The van der Waals surface area contributed by atoms with Crippen molar-refractivity contribution in [1.29, 1.82) is 0 Å². The predicted molar refractivity (Wildman–Crippen MR) is 284 cm³/mol. The highest BCUT2D eigenvalue weighted by Crippen LogP contribution is 2.38. The quantitative estimate of drug-likeness (QED) is 0.0272. The molecular weight excluding hydrogens is 840 g/mol. The molecule has 0 aliphatic heterocycles. The first-order chi connectivity index (χ1) is 32.0. The molecule has 0 aliphatic rings. The maximum Gasteiger partial charge on any atom is 0.268 e. The summed E-state index contributed by atoms with van der Waals surface area (Å²) in [5.41, 5.74) is 0. The summed E-state index contributed by atoms with van der Waals surface area (Å²) in [7, 11) is 1.24. The van der Waals surface area contributed by atoms with E-state index in [2.05, 4.69) is 43.5 Å². The number of hydrogen-bond donors (Lipinski definition) is 2. The number of phosphoric acid groups is 1. The molecule has 0 fully saturated rings. The van der Waals surface area contributed by atoms with E-state index in [9.17, 15) is 19.4 Å². The van der Waals surface area contributed by atoms with Crippen molar-refractivity contribution in [2.75, 3.05) is 40.9 Å². The van der Waals surface area contributed by atoms with E-state index in [1.54, 1.807) is 6.08 Å². The van der Waals surface area contributed by atoms with Crippen molar-refractivity contribution in [3.8, 4) is 0 Å². The molecule has 390 valence electrons. The molecule has 0 radical (unpaired) electrons. The molecule has 0 rings (SSSR count). The lowest BCUT2D eigenvalue weighted by atomic mass is 10.0. The van der Waals surface area contributed by atoms with Gasteiger partial charge in [-0.1, -0.05) is 256 Å². The minimum Gasteiger partial charge on any atom is -0.756 e. The Kier molecular flexibility index (Phi) is 47.8. The van der Waals surface area contributed by atoms with Crippen molar-refractivity contribution < 1.29 is 32.9 Å². The number of phosphoric ester groups is 1. The first-order valence-corrected chi connectivity index (χ1v) is 29.8. The normalized spacial score (nSPS) is 14.2. The molecule has 0 bridgehead atoms. The number of quaternary nitrogens is 1. The number of hydrogen-bond acceptors (Lipinski definition) is 6. The second kappa shape index (κ2) is 48.7. The molecule has 0 aromatic rings. The van der Waals surface area contributed by atoms with Crippen LogP contribution in [0.15, 0.2) is 36.5 Å². The van der Waals surface area contributed by atoms with Crippen molar-refractivity contribution in [2.24, 2.45) is 0 Å². The summed E-state index contributed by atoms with van der Waals surface area (Å²) in [6.07, 6.45) is 62.4. The highest BCUT2D eigenvalue weighted by Gasteiger charge is 2.23. The third kappa shape index (κ3) is 50.6. The Morgan fingerprint density at radius 1 is 0.515 bits per heavy atom. The Labute approximate surface area is 410 Å². The zero-order valence-corrected chi connectivity index (χ0v) is 45.3. The second-order valence-corrected chi connectivity index (χ2v) is 22.0. The Morgan fingerprint density at radius 3 is 1.23 bits per heavy atom. The largest absolute Gasteiger partial charge is 0.756 e. The summed E-state index contributed by atoms with van der Waals surface area (Å²) in [6, 6.07) is -0.907. The molecule has 0 heterocycles. The summed E-state index contributed by atoms with van der Waals surface area (Å²) < 4.78 is 23.3. The van der Waals surface area contributed by atoms with Gasteiger partial charge >= 0.3 is 0 Å². The zero-order chi connectivity index (χ0) is 48.5. The van der Waals surface area contributed by atoms with Crippen LogP contribution in [0.5, 0.6) is 0 Å². The molecule has 0 aromatic heterocycles. The number of carbonyl (C=O) groups excluding carboxylic acids is 1. The molecule has 9 heteroatoms. The van der Waals surface area contributed by atoms with Crippen molar-refractivity contribution in [3.63, 3.8) is 0 Å². The van der Waals surface area contributed by atoms with Gasteiger partial charge in [0.1, 0.15) is 13.2 Å². The Morgan fingerprint density at radius 2 is 0.848 bits per heavy atom. The third-order valence-electron chi connectivity index (χ3n) is 12.8. The van der Waals surface area contributed by atoms with Crippen molar-refractivity contribution in [3.05, 3.63) is 36.5 Å². The number of unbranched alkanes of at least 4 members (excludes halogenated alkanes) is 35. The van der Waals surface area contributed by atoms with E-state index >= 15 is 0 Å². The molecule has 3 unspecified atom stereocenters. The standard InChI is InChI=1S/C57H111N2O6P/c1-6-8-10-12-14-16-18-20-22-23-24-25-26-27-28-29-30-31-32-33-34-35-36-37-39-41-43-45-47-49-51-57(61)58-55(54-65-66(62,63)64-53-52-59(3,4)5)56(60)50-48-46-44-42-40-38-21-19-17-15-13-11-9-7-2/h17,19,40,42,48,50,55-56,60H,6-16,18,20-39,41,43-47,49,51-54H2,1-5H3,(H-,58,61,62,63)/b19-17+,42-40+,50-48+. The Hall–Kier alpha value is -1.28. The van der Waals surface area contributed by atoms with Crippen LogP contribution in [0.1, 0.15) is 271 Å². The Bertz CT molecular complexity index is 1170. The summed E-state index contributed by atoms with van der Waals surface area (Å²) in [5.74, 6) is -0.208. The van der Waals surface area contributed by atoms with Gasteiger partial charge in [-0.15, -0.1) is 0 Å². The fourth-order valence-electron chi connectivity index (χ4n) is 8.36. The molecule has 66 heavy (non-hydrogen) atoms. The highest BCUT2D eigenvalue weighted by atomic mass is 31.2. The van der Waals surface area contributed by atoms with E-state index in [1.165, 1.54) is 205 Å². The van der Waals surface area contributed by atoms with Gasteiger partial charge in [-0.2, -0.15) is 0 Å². The SMILES string of the molecule is CCCCCC/C=C/CC/C=C/CC/C=C/C(O)C(COP(=O)([O-])OCC[N+](C)(C)C)NC(=O)CCCCCCCCCCCCCCCCCCCCCCCCCCCCCCCC. The van der Waals surface area contributed by atoms with Gasteiger partial charge in [0.05, 0.1) is 39.9 Å². The molecule has 2 N–H and O–H groups in total. The van der Waals surface area contributed by atoms with Crippen LogP contribution in [0, 0.1) is 0 Å². The van der Waals surface area contributed by atoms with Gasteiger partial charge in [0.25, 0.3) is 7.82 Å². The van der Waals surface area contributed by atoms with Gasteiger partial charge in [-0.05, 0) is 44.9 Å². The molecule has 0 aliphatic carbocycles. The minimum absolute atomic E-state index is 0.00764. The number of nitrogens with one attached hydrogen (secondary N) is 1. The summed E-state index contributed by atoms with van der Waals surface area (Å²) >= 11 is 0. The lowest BCUT2D eigenvalue weighted by molar-refractivity contribution is -0.870. The van der Waals surface area contributed by atoms with Crippen LogP contribution in [-0.2, 0) is 18.4 Å². The van der Waals surface area contributed by atoms with Crippen LogP contribution in [0.3, 0.4) is 0 Å².